The average molecular weight is 314 g/mol. The molecule has 4 nitrogen and oxygen atoms in total. The highest BCUT2D eigenvalue weighted by Gasteiger charge is 2.22. The summed E-state index contributed by atoms with van der Waals surface area (Å²) < 4.78 is 6.02. The smallest absolute Gasteiger partial charge is 0.284 e. The highest BCUT2D eigenvalue weighted by molar-refractivity contribution is 9.10. The predicted molar refractivity (Wildman–Crippen MR) is 72.8 cm³/mol. The van der Waals surface area contributed by atoms with Gasteiger partial charge in [0.15, 0.2) is 0 Å². The first-order valence-corrected chi connectivity index (χ1v) is 6.27. The van der Waals surface area contributed by atoms with Crippen molar-refractivity contribution in [2.24, 2.45) is 0 Å². The largest absolute Gasteiger partial charge is 0.496 e. The minimum absolute atomic E-state index is 0.270. The van der Waals surface area contributed by atoms with Crippen molar-refractivity contribution in [3.05, 3.63) is 28.2 Å². The zero-order valence-corrected chi connectivity index (χ0v) is 12.2. The topological polar surface area (TPSA) is 55.4 Å². The summed E-state index contributed by atoms with van der Waals surface area (Å²) >= 11 is 3.42. The van der Waals surface area contributed by atoms with Crippen molar-refractivity contribution < 1.29 is 14.3 Å². The van der Waals surface area contributed by atoms with E-state index in [-0.39, 0.29) is 11.7 Å². The maximum atomic E-state index is 10.9. The lowest BCUT2D eigenvalue weighted by Crippen LogP contribution is -2.37. The highest BCUT2D eigenvalue weighted by atomic mass is 79.9. The number of rotatable bonds is 5. The first kappa shape index (κ1) is 14.7. The van der Waals surface area contributed by atoms with Crippen molar-refractivity contribution in [1.82, 2.24) is 5.32 Å². The molecule has 1 N–H and O–H groups in total. The lowest BCUT2D eigenvalue weighted by molar-refractivity contribution is -0.131. The first-order valence-electron chi connectivity index (χ1n) is 5.47. The molecular formula is C13H16BrNO3. The number of carbonyl (C=O) groups is 2. The van der Waals surface area contributed by atoms with E-state index in [9.17, 15) is 9.59 Å². The van der Waals surface area contributed by atoms with Gasteiger partial charge in [-0.1, -0.05) is 19.9 Å². The van der Waals surface area contributed by atoms with Gasteiger partial charge >= 0.3 is 0 Å². The Hall–Kier alpha value is -1.36. The van der Waals surface area contributed by atoms with Gasteiger partial charge in [-0.15, -0.1) is 0 Å². The number of benzene rings is 1. The summed E-state index contributed by atoms with van der Waals surface area (Å²) in [6.07, 6.45) is 0.278. The van der Waals surface area contributed by atoms with Crippen molar-refractivity contribution in [1.29, 1.82) is 0 Å². The zero-order valence-electron chi connectivity index (χ0n) is 10.6. The van der Waals surface area contributed by atoms with Crippen LogP contribution in [0, 0.1) is 0 Å². The van der Waals surface area contributed by atoms with E-state index >= 15 is 0 Å². The van der Waals surface area contributed by atoms with Crippen LogP contribution in [-0.2, 0) is 15.0 Å². The van der Waals surface area contributed by atoms with Crippen LogP contribution in [0.5, 0.6) is 5.75 Å². The Bertz CT molecular complexity index is 458. The Morgan fingerprint density at radius 1 is 1.50 bits per heavy atom. The summed E-state index contributed by atoms with van der Waals surface area (Å²) in [6.45, 7) is 4.38. The molecule has 1 rings (SSSR count). The zero-order chi connectivity index (χ0) is 13.8. The molecule has 0 aromatic heterocycles. The molecule has 0 heterocycles. The molecule has 0 aliphatic carbocycles. The summed E-state index contributed by atoms with van der Waals surface area (Å²) in [4.78, 5) is 21.2. The summed E-state index contributed by atoms with van der Waals surface area (Å²) in [5, 5.41) is 2.57. The predicted octanol–water partition coefficient (Wildman–Crippen LogP) is 2.05. The lowest BCUT2D eigenvalue weighted by Gasteiger charge is -2.25. The third-order valence-electron chi connectivity index (χ3n) is 2.74. The van der Waals surface area contributed by atoms with Crippen LogP contribution in [0.15, 0.2) is 22.7 Å². The van der Waals surface area contributed by atoms with Crippen molar-refractivity contribution in [3.63, 3.8) is 0 Å². The van der Waals surface area contributed by atoms with E-state index in [1.54, 1.807) is 7.11 Å². The maximum Gasteiger partial charge on any atom is 0.284 e. The Morgan fingerprint density at radius 3 is 2.67 bits per heavy atom. The number of methoxy groups -OCH3 is 1. The van der Waals surface area contributed by atoms with Gasteiger partial charge in [0.25, 0.3) is 5.91 Å². The van der Waals surface area contributed by atoms with Crippen LogP contribution < -0.4 is 10.1 Å². The molecule has 0 saturated carbocycles. The summed E-state index contributed by atoms with van der Waals surface area (Å²) in [5.74, 6) is 0.155. The number of halogens is 1. The molecule has 0 spiro atoms. The average Bonchev–Trinajstić information content (AvgIpc) is 2.35. The Balaban J connectivity index is 2.87. The van der Waals surface area contributed by atoms with E-state index in [4.69, 9.17) is 4.74 Å². The molecule has 0 saturated heterocycles. The molecule has 98 valence electrons. The molecular weight excluding hydrogens is 298 g/mol. The van der Waals surface area contributed by atoms with Crippen molar-refractivity contribution in [3.8, 4) is 5.75 Å². The molecule has 1 amide bonds. The van der Waals surface area contributed by atoms with Gasteiger partial charge in [0.2, 0.25) is 6.29 Å². The van der Waals surface area contributed by atoms with Crippen LogP contribution in [-0.4, -0.2) is 25.8 Å². The highest BCUT2D eigenvalue weighted by Crippen LogP contribution is 2.31. The van der Waals surface area contributed by atoms with Crippen LogP contribution in [0.2, 0.25) is 0 Å². The van der Waals surface area contributed by atoms with Gasteiger partial charge in [0.05, 0.1) is 11.6 Å². The third-order valence-corrected chi connectivity index (χ3v) is 3.36. The normalized spacial score (nSPS) is 10.9. The monoisotopic (exact) mass is 313 g/mol. The number of hydrogen-bond acceptors (Lipinski definition) is 3. The third kappa shape index (κ3) is 3.57. The molecule has 0 atom stereocenters. The Kier molecular flexibility index (Phi) is 4.90. The van der Waals surface area contributed by atoms with Gasteiger partial charge in [-0.25, -0.2) is 0 Å². The molecule has 0 aliphatic heterocycles. The SMILES string of the molecule is COc1ccc(C(C)(C)CNC(=O)C=O)cc1Br. The van der Waals surface area contributed by atoms with Crippen molar-refractivity contribution in [2.75, 3.05) is 13.7 Å². The van der Waals surface area contributed by atoms with Gasteiger partial charge in [-0.2, -0.15) is 0 Å². The first-order chi connectivity index (χ1) is 8.40. The molecule has 5 heteroatoms. The fourth-order valence-electron chi connectivity index (χ4n) is 1.54. The molecule has 1 aromatic carbocycles. The minimum Gasteiger partial charge on any atom is -0.496 e. The number of aldehydes is 1. The van der Waals surface area contributed by atoms with E-state index in [0.717, 1.165) is 15.8 Å². The molecule has 18 heavy (non-hydrogen) atoms. The fourth-order valence-corrected chi connectivity index (χ4v) is 2.08. The second-order valence-electron chi connectivity index (χ2n) is 4.57. The molecule has 0 unspecified atom stereocenters. The maximum absolute atomic E-state index is 10.9. The minimum atomic E-state index is -0.601. The molecule has 1 aromatic rings. The lowest BCUT2D eigenvalue weighted by atomic mass is 9.84. The van der Waals surface area contributed by atoms with Gasteiger partial charge < -0.3 is 10.1 Å². The molecule has 0 fully saturated rings. The quantitative estimate of drug-likeness (QED) is 0.668. The van der Waals surface area contributed by atoms with E-state index in [1.807, 2.05) is 32.0 Å². The van der Waals surface area contributed by atoms with Crippen LogP contribution in [0.3, 0.4) is 0 Å². The van der Waals surface area contributed by atoms with Gasteiger partial charge in [0, 0.05) is 12.0 Å². The second kappa shape index (κ2) is 6.00. The van der Waals surface area contributed by atoms with Crippen molar-refractivity contribution in [2.45, 2.75) is 19.3 Å². The van der Waals surface area contributed by atoms with E-state index in [1.165, 1.54) is 0 Å². The summed E-state index contributed by atoms with van der Waals surface area (Å²) in [5.41, 5.74) is 0.773. The molecule has 0 aliphatic rings. The van der Waals surface area contributed by atoms with E-state index in [2.05, 4.69) is 21.2 Å². The molecule has 0 radical (unpaired) electrons. The number of carbonyl (C=O) groups excluding carboxylic acids is 2. The van der Waals surface area contributed by atoms with Gasteiger partial charge in [-0.3, -0.25) is 9.59 Å². The Labute approximate surface area is 115 Å². The second-order valence-corrected chi connectivity index (χ2v) is 5.42. The van der Waals surface area contributed by atoms with Crippen LogP contribution >= 0.6 is 15.9 Å². The van der Waals surface area contributed by atoms with Gasteiger partial charge in [-0.05, 0) is 33.6 Å². The van der Waals surface area contributed by atoms with E-state index < -0.39 is 5.91 Å². The summed E-state index contributed by atoms with van der Waals surface area (Å²) in [7, 11) is 1.61. The number of hydrogen-bond donors (Lipinski definition) is 1. The standard InChI is InChI=1S/C13H16BrNO3/c1-13(2,8-15-12(17)7-16)9-4-5-11(18-3)10(14)6-9/h4-7H,8H2,1-3H3,(H,15,17). The van der Waals surface area contributed by atoms with E-state index in [0.29, 0.717) is 6.54 Å². The summed E-state index contributed by atoms with van der Waals surface area (Å²) in [6, 6.07) is 5.76. The fraction of sp³-hybridized carbons (Fsp3) is 0.385. The number of ether oxygens (including phenoxy) is 1. The van der Waals surface area contributed by atoms with Crippen molar-refractivity contribution >= 4 is 28.1 Å². The van der Waals surface area contributed by atoms with Gasteiger partial charge in [0.1, 0.15) is 5.75 Å². The molecule has 0 bridgehead atoms. The number of amides is 1. The van der Waals surface area contributed by atoms with Crippen LogP contribution in [0.4, 0.5) is 0 Å². The Morgan fingerprint density at radius 2 is 2.17 bits per heavy atom. The van der Waals surface area contributed by atoms with Crippen LogP contribution in [0.1, 0.15) is 19.4 Å². The number of nitrogens with one attached hydrogen (secondary N) is 1. The van der Waals surface area contributed by atoms with Crippen LogP contribution in [0.25, 0.3) is 0 Å².